The highest BCUT2D eigenvalue weighted by atomic mass is 19.1. The molecule has 2 N–H and O–H groups in total. The number of imidazole rings is 1. The predicted octanol–water partition coefficient (Wildman–Crippen LogP) is 3.07. The summed E-state index contributed by atoms with van der Waals surface area (Å²) in [5, 5.41) is 5.42. The maximum atomic E-state index is 13.5. The van der Waals surface area contributed by atoms with Crippen LogP contribution < -0.4 is 10.6 Å². The van der Waals surface area contributed by atoms with E-state index in [-0.39, 0.29) is 18.4 Å². The van der Waals surface area contributed by atoms with Crippen LogP contribution in [-0.4, -0.2) is 15.6 Å². The van der Waals surface area contributed by atoms with Crippen molar-refractivity contribution in [1.29, 1.82) is 0 Å². The summed E-state index contributed by atoms with van der Waals surface area (Å²) in [6.45, 7) is 1.33. The topological polar surface area (TPSA) is 59.0 Å². The molecule has 0 aliphatic heterocycles. The number of carbonyl (C=O) groups excluding carboxylic acids is 1. The maximum Gasteiger partial charge on any atom is 0.315 e. The zero-order chi connectivity index (χ0) is 17.5. The first-order valence-electron chi connectivity index (χ1n) is 7.99. The molecule has 25 heavy (non-hydrogen) atoms. The molecule has 0 aliphatic rings. The molecule has 0 unspecified atom stereocenters. The van der Waals surface area contributed by atoms with E-state index in [4.69, 9.17) is 0 Å². The molecular weight excluding hydrogens is 319 g/mol. The molecule has 3 aromatic rings. The number of carbonyl (C=O) groups is 1. The molecule has 0 radical (unpaired) electrons. The van der Waals surface area contributed by atoms with Gasteiger partial charge in [0.15, 0.2) is 0 Å². The second-order valence-electron chi connectivity index (χ2n) is 5.68. The lowest BCUT2D eigenvalue weighted by atomic mass is 10.1. The molecule has 0 bridgehead atoms. The van der Waals surface area contributed by atoms with Crippen molar-refractivity contribution in [1.82, 2.24) is 20.2 Å². The SMILES string of the molecule is O=C(NCc1ccc(Cn2ccnc2)cc1)NCc1ccccc1F. The Morgan fingerprint density at radius 1 is 1.00 bits per heavy atom. The minimum Gasteiger partial charge on any atom is -0.334 e. The number of nitrogens with zero attached hydrogens (tertiary/aromatic N) is 2. The first-order valence-corrected chi connectivity index (χ1v) is 7.99. The summed E-state index contributed by atoms with van der Waals surface area (Å²) in [6, 6.07) is 14.0. The van der Waals surface area contributed by atoms with Crippen molar-refractivity contribution >= 4 is 6.03 Å². The van der Waals surface area contributed by atoms with Crippen molar-refractivity contribution in [3.8, 4) is 0 Å². The number of nitrogens with one attached hydrogen (secondary N) is 2. The van der Waals surface area contributed by atoms with E-state index in [1.165, 1.54) is 6.07 Å². The van der Waals surface area contributed by atoms with E-state index in [0.717, 1.165) is 17.7 Å². The number of amides is 2. The lowest BCUT2D eigenvalue weighted by Gasteiger charge is -2.09. The van der Waals surface area contributed by atoms with Gasteiger partial charge in [-0.3, -0.25) is 0 Å². The Hall–Kier alpha value is -3.15. The molecule has 5 nitrogen and oxygen atoms in total. The molecule has 0 spiro atoms. The van der Waals surface area contributed by atoms with Crippen LogP contribution in [0.15, 0.2) is 67.3 Å². The van der Waals surface area contributed by atoms with E-state index in [9.17, 15) is 9.18 Å². The second kappa shape index (κ2) is 8.10. The van der Waals surface area contributed by atoms with E-state index < -0.39 is 0 Å². The molecular formula is C19H19FN4O. The van der Waals surface area contributed by atoms with Crippen molar-refractivity contribution in [2.75, 3.05) is 0 Å². The van der Waals surface area contributed by atoms with Gasteiger partial charge in [-0.15, -0.1) is 0 Å². The third kappa shape index (κ3) is 4.91. The van der Waals surface area contributed by atoms with Gasteiger partial charge in [0.05, 0.1) is 6.33 Å². The molecule has 128 valence electrons. The Kier molecular flexibility index (Phi) is 5.41. The Labute approximate surface area is 145 Å². The van der Waals surface area contributed by atoms with Gasteiger partial charge in [0.25, 0.3) is 0 Å². The number of hydrogen-bond acceptors (Lipinski definition) is 2. The van der Waals surface area contributed by atoms with Gasteiger partial charge in [0.2, 0.25) is 0 Å². The smallest absolute Gasteiger partial charge is 0.315 e. The van der Waals surface area contributed by atoms with Gasteiger partial charge in [-0.25, -0.2) is 14.2 Å². The van der Waals surface area contributed by atoms with Gasteiger partial charge in [-0.05, 0) is 17.2 Å². The van der Waals surface area contributed by atoms with Crippen LogP contribution in [-0.2, 0) is 19.6 Å². The van der Waals surface area contributed by atoms with Crippen molar-refractivity contribution in [3.63, 3.8) is 0 Å². The van der Waals surface area contributed by atoms with Crippen LogP contribution >= 0.6 is 0 Å². The summed E-state index contributed by atoms with van der Waals surface area (Å²) in [7, 11) is 0. The summed E-state index contributed by atoms with van der Waals surface area (Å²) in [5.74, 6) is -0.323. The molecule has 3 rings (SSSR count). The van der Waals surface area contributed by atoms with Crippen molar-refractivity contribution in [2.24, 2.45) is 0 Å². The molecule has 1 aromatic heterocycles. The van der Waals surface area contributed by atoms with Crippen molar-refractivity contribution < 1.29 is 9.18 Å². The van der Waals surface area contributed by atoms with Crippen LogP contribution in [0.2, 0.25) is 0 Å². The largest absolute Gasteiger partial charge is 0.334 e. The molecule has 0 fully saturated rings. The Morgan fingerprint density at radius 3 is 2.44 bits per heavy atom. The molecule has 0 saturated carbocycles. The molecule has 2 amide bonds. The Bertz CT molecular complexity index is 816. The Morgan fingerprint density at radius 2 is 1.72 bits per heavy atom. The second-order valence-corrected chi connectivity index (χ2v) is 5.68. The molecule has 2 aromatic carbocycles. The van der Waals surface area contributed by atoms with E-state index >= 15 is 0 Å². The van der Waals surface area contributed by atoms with Crippen LogP contribution in [0.1, 0.15) is 16.7 Å². The first kappa shape index (κ1) is 16.7. The fraction of sp³-hybridized carbons (Fsp3) is 0.158. The summed E-state index contributed by atoms with van der Waals surface area (Å²) in [4.78, 5) is 15.8. The molecule has 0 atom stereocenters. The fourth-order valence-electron chi connectivity index (χ4n) is 2.42. The zero-order valence-corrected chi connectivity index (χ0v) is 13.7. The van der Waals surface area contributed by atoms with E-state index in [0.29, 0.717) is 12.1 Å². The highest BCUT2D eigenvalue weighted by Crippen LogP contribution is 2.07. The average molecular weight is 338 g/mol. The predicted molar refractivity (Wildman–Crippen MR) is 93.2 cm³/mol. The third-order valence-corrected chi connectivity index (χ3v) is 3.80. The van der Waals surface area contributed by atoms with Gasteiger partial charge < -0.3 is 15.2 Å². The summed E-state index contributed by atoms with van der Waals surface area (Å²) in [5.41, 5.74) is 2.61. The lowest BCUT2D eigenvalue weighted by Crippen LogP contribution is -2.34. The summed E-state index contributed by atoms with van der Waals surface area (Å²) >= 11 is 0. The number of rotatable bonds is 6. The third-order valence-electron chi connectivity index (χ3n) is 3.80. The van der Waals surface area contributed by atoms with Gasteiger partial charge in [-0.2, -0.15) is 0 Å². The first-order chi connectivity index (χ1) is 12.2. The van der Waals surface area contributed by atoms with Crippen LogP contribution in [0.25, 0.3) is 0 Å². The number of aromatic nitrogens is 2. The van der Waals surface area contributed by atoms with Crippen molar-refractivity contribution in [3.05, 3.63) is 89.8 Å². The number of halogens is 1. The average Bonchev–Trinajstić information content (AvgIpc) is 3.13. The monoisotopic (exact) mass is 338 g/mol. The van der Waals surface area contributed by atoms with Crippen molar-refractivity contribution in [2.45, 2.75) is 19.6 Å². The van der Waals surface area contributed by atoms with Crippen LogP contribution in [0.3, 0.4) is 0 Å². The van der Waals surface area contributed by atoms with E-state index in [2.05, 4.69) is 15.6 Å². The highest BCUT2D eigenvalue weighted by molar-refractivity contribution is 5.73. The van der Waals surface area contributed by atoms with Gasteiger partial charge >= 0.3 is 6.03 Å². The summed E-state index contributed by atoms with van der Waals surface area (Å²) in [6.07, 6.45) is 5.43. The molecule has 0 aliphatic carbocycles. The molecule has 1 heterocycles. The number of hydrogen-bond donors (Lipinski definition) is 2. The number of benzene rings is 2. The number of urea groups is 1. The van der Waals surface area contributed by atoms with Gasteiger partial charge in [0.1, 0.15) is 5.82 Å². The zero-order valence-electron chi connectivity index (χ0n) is 13.7. The maximum absolute atomic E-state index is 13.5. The molecule has 6 heteroatoms. The minimum absolute atomic E-state index is 0.155. The standard InChI is InChI=1S/C19H19FN4O/c20-18-4-2-1-3-17(18)12-23-19(25)22-11-15-5-7-16(8-6-15)13-24-10-9-21-14-24/h1-10,14H,11-13H2,(H2,22,23,25). The Balaban J connectivity index is 1.45. The normalized spacial score (nSPS) is 10.4. The van der Waals surface area contributed by atoms with E-state index in [1.54, 1.807) is 30.7 Å². The highest BCUT2D eigenvalue weighted by Gasteiger charge is 2.04. The van der Waals surface area contributed by atoms with Gasteiger partial charge in [0, 0.05) is 37.6 Å². The van der Waals surface area contributed by atoms with Crippen LogP contribution in [0, 0.1) is 5.82 Å². The van der Waals surface area contributed by atoms with Crippen LogP contribution in [0.5, 0.6) is 0 Å². The van der Waals surface area contributed by atoms with E-state index in [1.807, 2.05) is 35.0 Å². The van der Waals surface area contributed by atoms with Gasteiger partial charge in [-0.1, -0.05) is 42.5 Å². The lowest BCUT2D eigenvalue weighted by molar-refractivity contribution is 0.240. The quantitative estimate of drug-likeness (QED) is 0.726. The molecule has 0 saturated heterocycles. The van der Waals surface area contributed by atoms with Crippen LogP contribution in [0.4, 0.5) is 9.18 Å². The fourth-order valence-corrected chi connectivity index (χ4v) is 2.42. The minimum atomic E-state index is -0.328. The summed E-state index contributed by atoms with van der Waals surface area (Å²) < 4.78 is 15.5.